The second-order valence-corrected chi connectivity index (χ2v) is 33.6. The normalized spacial score (nSPS) is 17.2. The van der Waals surface area contributed by atoms with Crippen LogP contribution in [0.25, 0.3) is 0 Å². The van der Waals surface area contributed by atoms with Gasteiger partial charge in [0.05, 0.1) is 0 Å². The molecule has 0 radical (unpaired) electrons. The quantitative estimate of drug-likeness (QED) is 0.450. The van der Waals surface area contributed by atoms with Crippen molar-refractivity contribution in [3.63, 3.8) is 0 Å². The van der Waals surface area contributed by atoms with Crippen molar-refractivity contribution < 1.29 is 20.6 Å². The fourth-order valence-electron chi connectivity index (χ4n) is 3.02. The first-order valence-electron chi connectivity index (χ1n) is 7.04. The van der Waals surface area contributed by atoms with Crippen LogP contribution in [-0.2, 0) is 20.6 Å². The molecule has 0 atom stereocenters. The summed E-state index contributed by atoms with van der Waals surface area (Å²) in [5.74, 6) is -0.495. The van der Waals surface area contributed by atoms with E-state index in [9.17, 15) is 0 Å². The maximum absolute atomic E-state index is 2.59. The monoisotopic (exact) mass is 497 g/mol. The van der Waals surface area contributed by atoms with Crippen LogP contribution in [0.4, 0.5) is 0 Å². The molecule has 0 heterocycles. The average Bonchev–Trinajstić information content (AvgIpc) is 2.86. The van der Waals surface area contributed by atoms with Crippen LogP contribution < -0.4 is 0 Å². The second-order valence-electron chi connectivity index (χ2n) is 6.64. The van der Waals surface area contributed by atoms with E-state index in [0.717, 1.165) is 0 Å². The number of hydrogen-bond acceptors (Lipinski definition) is 0. The Balaban J connectivity index is 0.00000180. The van der Waals surface area contributed by atoms with Gasteiger partial charge in [0.1, 0.15) is 0 Å². The Morgan fingerprint density at radius 3 is 2.15 bits per heavy atom. The zero-order chi connectivity index (χ0) is 13.3. The zero-order valence-corrected chi connectivity index (χ0v) is 19.6. The van der Waals surface area contributed by atoms with Gasteiger partial charge in [-0.25, -0.2) is 0 Å². The molecule has 0 saturated heterocycles. The molecule has 0 bridgehead atoms. The molecule has 2 aliphatic carbocycles. The molecule has 0 fully saturated rings. The summed E-state index contributed by atoms with van der Waals surface area (Å²) in [5, 5.41) is 0. The van der Waals surface area contributed by atoms with Crippen molar-refractivity contribution in [1.82, 2.24) is 0 Å². The number of rotatable bonds is 3. The van der Waals surface area contributed by atoms with E-state index in [1.165, 1.54) is 12.8 Å². The maximum atomic E-state index is 2.59. The average molecular weight is 497 g/mol. The van der Waals surface area contributed by atoms with Gasteiger partial charge in [0.2, 0.25) is 0 Å². The predicted octanol–water partition coefficient (Wildman–Crippen LogP) is 5.54. The van der Waals surface area contributed by atoms with Gasteiger partial charge < -0.3 is 0 Å². The van der Waals surface area contributed by atoms with E-state index in [1.807, 2.05) is 6.66 Å². The summed E-state index contributed by atoms with van der Waals surface area (Å²) < 4.78 is 3.81. The molecule has 2 aliphatic rings. The molecule has 0 N–H and O–H groups in total. The van der Waals surface area contributed by atoms with Crippen molar-refractivity contribution >= 4 is 30.8 Å². The molecule has 2 rings (SSSR count). The fraction of sp³-hybridized carbons (Fsp3) is 0.500. The molecular formula is C16H27Cl2HfSi. The number of hydrogen-bond donors (Lipinski definition) is 0. The Morgan fingerprint density at radius 1 is 1.05 bits per heavy atom. The zero-order valence-electron chi connectivity index (χ0n) is 13.2. The Morgan fingerprint density at radius 2 is 1.70 bits per heavy atom. The van der Waals surface area contributed by atoms with Crippen LogP contribution >= 0.6 is 24.8 Å². The van der Waals surface area contributed by atoms with Crippen LogP contribution in [-0.4, -0.2) is 5.98 Å². The summed E-state index contributed by atoms with van der Waals surface area (Å²) in [6.45, 7) is 12.3. The smallest absolute Gasteiger partial charge is 0.147 e. The standard InChI is InChI=1S/C9H13.C5H5.C2H7Si.2ClH.Hf/c1-9(2,3)8-6-4-5-7-8;1-2-4-5-3-1;1-3-2;;;/h4,6H,5H2,1-3H3;1-3H,4H2;3H,1-2H3;2*1H;. The molecule has 113 valence electrons. The Labute approximate surface area is 145 Å². The van der Waals surface area contributed by atoms with Crippen molar-refractivity contribution in [3.8, 4) is 0 Å². The summed E-state index contributed by atoms with van der Waals surface area (Å²) >= 11 is -1.66. The van der Waals surface area contributed by atoms with Crippen molar-refractivity contribution in [2.75, 3.05) is 0 Å². The molecule has 4 heteroatoms. The molecule has 0 nitrogen and oxygen atoms in total. The second kappa shape index (κ2) is 8.31. The van der Waals surface area contributed by atoms with Crippen molar-refractivity contribution in [3.05, 3.63) is 42.6 Å². The number of allylic oxidation sites excluding steroid dienone is 8. The maximum Gasteiger partial charge on any atom is -0.147 e. The SMILES string of the molecule is C[SiH](C)[Hf]([C]1=CC=CC1)[C]1=C(C(C)(C)C)C=CC1.Cl.Cl. The number of halogens is 2. The minimum absolute atomic E-state index is 0. The van der Waals surface area contributed by atoms with Crippen LogP contribution in [0.5, 0.6) is 0 Å². The van der Waals surface area contributed by atoms with Gasteiger partial charge in [0.15, 0.2) is 0 Å². The topological polar surface area (TPSA) is 0 Å². The van der Waals surface area contributed by atoms with E-state index >= 15 is 0 Å². The van der Waals surface area contributed by atoms with E-state index in [-0.39, 0.29) is 24.8 Å². The summed E-state index contributed by atoms with van der Waals surface area (Å²) in [4.78, 5) is 0. The first-order valence-corrected chi connectivity index (χ1v) is 19.7. The van der Waals surface area contributed by atoms with Gasteiger partial charge in [-0.15, -0.1) is 24.8 Å². The molecule has 0 aliphatic heterocycles. The van der Waals surface area contributed by atoms with E-state index in [2.05, 4.69) is 64.2 Å². The summed E-state index contributed by atoms with van der Waals surface area (Å²) in [6.07, 6.45) is 14.5. The molecule has 20 heavy (non-hydrogen) atoms. The van der Waals surface area contributed by atoms with Gasteiger partial charge in [0, 0.05) is 0 Å². The van der Waals surface area contributed by atoms with Gasteiger partial charge in [0.25, 0.3) is 0 Å². The van der Waals surface area contributed by atoms with Crippen molar-refractivity contribution in [2.24, 2.45) is 5.41 Å². The van der Waals surface area contributed by atoms with Crippen LogP contribution in [0.3, 0.4) is 0 Å². The third kappa shape index (κ3) is 4.56. The predicted molar refractivity (Wildman–Crippen MR) is 95.5 cm³/mol. The van der Waals surface area contributed by atoms with Crippen LogP contribution in [0.1, 0.15) is 33.6 Å². The molecule has 0 aromatic carbocycles. The first kappa shape index (κ1) is 20.6. The van der Waals surface area contributed by atoms with Gasteiger partial charge in [-0.3, -0.25) is 0 Å². The van der Waals surface area contributed by atoms with Crippen molar-refractivity contribution in [2.45, 2.75) is 46.7 Å². The molecule has 0 aromatic rings. The van der Waals surface area contributed by atoms with Crippen LogP contribution in [0.2, 0.25) is 13.1 Å². The van der Waals surface area contributed by atoms with Gasteiger partial charge in [-0.2, -0.15) is 0 Å². The van der Waals surface area contributed by atoms with Gasteiger partial charge >= 0.3 is 121 Å². The van der Waals surface area contributed by atoms with E-state index < -0.39 is 26.6 Å². The first-order chi connectivity index (χ1) is 8.41. The third-order valence-corrected chi connectivity index (χ3v) is 31.1. The van der Waals surface area contributed by atoms with Gasteiger partial charge in [-0.1, -0.05) is 0 Å². The summed E-state index contributed by atoms with van der Waals surface area (Å²) in [6, 6.07) is 0. The summed E-state index contributed by atoms with van der Waals surface area (Å²) in [5.41, 5.74) is 2.03. The van der Waals surface area contributed by atoms with E-state index in [4.69, 9.17) is 0 Å². The molecule has 0 spiro atoms. The van der Waals surface area contributed by atoms with E-state index in [1.54, 1.807) is 5.57 Å². The Kier molecular flexibility index (Phi) is 8.57. The van der Waals surface area contributed by atoms with Crippen molar-refractivity contribution in [1.29, 1.82) is 0 Å². The largest absolute Gasteiger partial charge is 0.147 e. The minimum atomic E-state index is -1.66. The molecule has 0 saturated carbocycles. The molecular weight excluding hydrogens is 470 g/mol. The summed E-state index contributed by atoms with van der Waals surface area (Å²) in [7, 11) is 0. The Bertz CT molecular complexity index is 454. The minimum Gasteiger partial charge on any atom is -0.147 e. The van der Waals surface area contributed by atoms with Crippen LogP contribution in [0, 0.1) is 5.41 Å². The van der Waals surface area contributed by atoms with E-state index in [0.29, 0.717) is 5.41 Å². The molecule has 0 unspecified atom stereocenters. The van der Waals surface area contributed by atoms with Crippen LogP contribution in [0.15, 0.2) is 42.6 Å². The third-order valence-electron chi connectivity index (χ3n) is 3.76. The fourth-order valence-corrected chi connectivity index (χ4v) is 31.5. The van der Waals surface area contributed by atoms with Gasteiger partial charge in [-0.05, 0) is 0 Å². The molecule has 0 amide bonds. The Hall–Kier alpha value is 0.627. The molecule has 0 aromatic heterocycles.